The molecule has 4 heterocycles. The van der Waals surface area contributed by atoms with Crippen molar-refractivity contribution >= 4 is 17.2 Å². The van der Waals surface area contributed by atoms with Gasteiger partial charge >= 0.3 is 0 Å². The summed E-state index contributed by atoms with van der Waals surface area (Å²) in [7, 11) is 0. The molecule has 10 heteroatoms. The Morgan fingerprint density at radius 1 is 1.06 bits per heavy atom. The fraction of sp³-hybridized carbons (Fsp3) is 0.0833. The third-order valence-electron chi connectivity index (χ3n) is 5.31. The van der Waals surface area contributed by atoms with E-state index in [9.17, 15) is 13.6 Å². The maximum absolute atomic E-state index is 14.1. The van der Waals surface area contributed by atoms with E-state index in [4.69, 9.17) is 10.7 Å². The maximum Gasteiger partial charge on any atom is 0.267 e. The van der Waals surface area contributed by atoms with Crippen LogP contribution in [0.15, 0.2) is 67.1 Å². The van der Waals surface area contributed by atoms with Crippen LogP contribution in [0, 0.1) is 18.6 Å². The number of fused-ring (bicyclic) bond motifs is 1. The van der Waals surface area contributed by atoms with Crippen LogP contribution in [0.4, 0.5) is 14.5 Å². The van der Waals surface area contributed by atoms with Crippen molar-refractivity contribution in [2.75, 3.05) is 5.32 Å². The van der Waals surface area contributed by atoms with Crippen LogP contribution in [0.1, 0.15) is 21.9 Å². The Morgan fingerprint density at radius 2 is 1.88 bits per heavy atom. The first kappa shape index (κ1) is 21.3. The summed E-state index contributed by atoms with van der Waals surface area (Å²) in [4.78, 5) is 25.3. The molecule has 34 heavy (non-hydrogen) atoms. The normalized spacial score (nSPS) is 11.1. The number of nitrogens with two attached hydrogens (primary N) is 1. The maximum atomic E-state index is 14.1. The summed E-state index contributed by atoms with van der Waals surface area (Å²) < 4.78 is 31.0. The predicted molar refractivity (Wildman–Crippen MR) is 122 cm³/mol. The van der Waals surface area contributed by atoms with E-state index in [-0.39, 0.29) is 17.9 Å². The predicted octanol–water partition coefficient (Wildman–Crippen LogP) is 3.88. The molecule has 5 aromatic rings. The minimum atomic E-state index is -0.952. The number of aryl methyl sites for hydroxylation is 1. The molecule has 0 bridgehead atoms. The number of aromatic nitrogens is 5. The Morgan fingerprint density at radius 3 is 2.68 bits per heavy atom. The van der Waals surface area contributed by atoms with Gasteiger partial charge in [0.25, 0.3) is 5.91 Å². The number of benzene rings is 1. The fourth-order valence-electron chi connectivity index (χ4n) is 3.68. The zero-order valence-electron chi connectivity index (χ0n) is 18.0. The molecular weight excluding hydrogens is 440 g/mol. The Hall–Kier alpha value is -4.60. The molecule has 4 aromatic heterocycles. The first-order valence-electron chi connectivity index (χ1n) is 10.4. The van der Waals surface area contributed by atoms with Gasteiger partial charge in [0.2, 0.25) is 0 Å². The average Bonchev–Trinajstić information content (AvgIpc) is 3.44. The summed E-state index contributed by atoms with van der Waals surface area (Å²) in [6.45, 7) is 2.02. The Balaban J connectivity index is 1.59. The second-order valence-corrected chi connectivity index (χ2v) is 7.67. The number of carbonyl (C=O) groups is 1. The highest BCUT2D eigenvalue weighted by Gasteiger charge is 2.16. The van der Waals surface area contributed by atoms with E-state index in [0.29, 0.717) is 28.5 Å². The van der Waals surface area contributed by atoms with Crippen molar-refractivity contribution in [3.05, 3.63) is 95.8 Å². The van der Waals surface area contributed by atoms with Crippen LogP contribution in [0.3, 0.4) is 0 Å². The minimum absolute atomic E-state index is 0.0377. The van der Waals surface area contributed by atoms with E-state index in [0.717, 1.165) is 11.8 Å². The number of nitrogens with zero attached hydrogens (tertiary/aromatic N) is 5. The van der Waals surface area contributed by atoms with Gasteiger partial charge in [-0.1, -0.05) is 12.1 Å². The van der Waals surface area contributed by atoms with Crippen molar-refractivity contribution in [1.82, 2.24) is 23.9 Å². The molecule has 170 valence electrons. The Bertz CT molecular complexity index is 1540. The van der Waals surface area contributed by atoms with E-state index in [1.807, 2.05) is 35.8 Å². The molecule has 0 saturated carbocycles. The summed E-state index contributed by atoms with van der Waals surface area (Å²) in [6.07, 6.45) is 4.92. The summed E-state index contributed by atoms with van der Waals surface area (Å²) in [5, 5.41) is 2.89. The van der Waals surface area contributed by atoms with Gasteiger partial charge in [-0.3, -0.25) is 13.8 Å². The fourth-order valence-corrected chi connectivity index (χ4v) is 3.68. The number of anilines is 1. The van der Waals surface area contributed by atoms with Crippen LogP contribution >= 0.6 is 0 Å². The Kier molecular flexibility index (Phi) is 5.25. The van der Waals surface area contributed by atoms with E-state index < -0.39 is 17.5 Å². The van der Waals surface area contributed by atoms with Gasteiger partial charge in [-0.25, -0.2) is 23.7 Å². The van der Waals surface area contributed by atoms with Crippen LogP contribution in [0.2, 0.25) is 0 Å². The number of nitrogens with one attached hydrogen (secondary N) is 1. The van der Waals surface area contributed by atoms with E-state index >= 15 is 0 Å². The largest absolute Gasteiger partial charge is 0.377 e. The molecule has 3 N–H and O–H groups in total. The molecule has 0 aliphatic carbocycles. The second kappa shape index (κ2) is 8.39. The zero-order valence-corrected chi connectivity index (χ0v) is 18.0. The van der Waals surface area contributed by atoms with Gasteiger partial charge in [-0.15, -0.1) is 0 Å². The summed E-state index contributed by atoms with van der Waals surface area (Å²) >= 11 is 0. The molecule has 1 aromatic carbocycles. The lowest BCUT2D eigenvalue weighted by atomic mass is 10.3. The number of primary amides is 1. The lowest BCUT2D eigenvalue weighted by molar-refractivity contribution is 0.0994. The molecule has 5 rings (SSSR count). The van der Waals surface area contributed by atoms with Crippen molar-refractivity contribution in [2.24, 2.45) is 5.73 Å². The van der Waals surface area contributed by atoms with E-state index in [1.54, 1.807) is 22.9 Å². The number of hydrogen-bond donors (Lipinski definition) is 2. The molecule has 1 amide bonds. The molecule has 0 spiro atoms. The lowest BCUT2D eigenvalue weighted by Gasteiger charge is -2.09. The van der Waals surface area contributed by atoms with Crippen molar-refractivity contribution in [2.45, 2.75) is 13.5 Å². The van der Waals surface area contributed by atoms with Crippen LogP contribution in [0.25, 0.3) is 22.9 Å². The molecule has 0 saturated heterocycles. The highest BCUT2D eigenvalue weighted by molar-refractivity contribution is 5.91. The van der Waals surface area contributed by atoms with Crippen LogP contribution in [-0.4, -0.2) is 29.8 Å². The molecule has 0 fully saturated rings. The molecule has 0 atom stereocenters. The third kappa shape index (κ3) is 3.85. The van der Waals surface area contributed by atoms with Crippen molar-refractivity contribution in [1.29, 1.82) is 0 Å². The van der Waals surface area contributed by atoms with Crippen LogP contribution in [0.5, 0.6) is 0 Å². The van der Waals surface area contributed by atoms with Crippen LogP contribution in [-0.2, 0) is 6.54 Å². The summed E-state index contributed by atoms with van der Waals surface area (Å²) in [6, 6.07) is 13.1. The highest BCUT2D eigenvalue weighted by Crippen LogP contribution is 2.24. The average molecular weight is 459 g/mol. The van der Waals surface area contributed by atoms with Gasteiger partial charge in [0, 0.05) is 18.1 Å². The molecule has 0 unspecified atom stereocenters. The molecule has 0 aliphatic rings. The van der Waals surface area contributed by atoms with Gasteiger partial charge in [-0.05, 0) is 43.3 Å². The number of carbonyl (C=O) groups excluding carboxylic acids is 1. The van der Waals surface area contributed by atoms with Crippen molar-refractivity contribution in [3.8, 4) is 17.2 Å². The van der Waals surface area contributed by atoms with Gasteiger partial charge in [0.05, 0.1) is 29.8 Å². The van der Waals surface area contributed by atoms with Crippen LogP contribution < -0.4 is 11.1 Å². The molecule has 0 radical (unpaired) electrons. The van der Waals surface area contributed by atoms with E-state index in [1.165, 1.54) is 18.3 Å². The SMILES string of the molecule is Cc1cccc(-c2nc(CNc3cccc(F)c3F)cn2-c2ccc3ncc(C(N)=O)n3c2)n1. The number of pyridine rings is 2. The number of hydrogen-bond acceptors (Lipinski definition) is 5. The van der Waals surface area contributed by atoms with Gasteiger partial charge in [-0.2, -0.15) is 0 Å². The van der Waals surface area contributed by atoms with Crippen molar-refractivity contribution < 1.29 is 13.6 Å². The number of amides is 1. The first-order chi connectivity index (χ1) is 16.4. The molecule has 0 aliphatic heterocycles. The first-order valence-corrected chi connectivity index (χ1v) is 10.4. The highest BCUT2D eigenvalue weighted by atomic mass is 19.2. The minimum Gasteiger partial charge on any atom is -0.377 e. The topological polar surface area (TPSA) is 103 Å². The summed E-state index contributed by atoms with van der Waals surface area (Å²) in [5.41, 5.74) is 9.03. The number of halogens is 2. The third-order valence-corrected chi connectivity index (χ3v) is 5.31. The van der Waals surface area contributed by atoms with Crippen molar-refractivity contribution in [3.63, 3.8) is 0 Å². The van der Waals surface area contributed by atoms with Gasteiger partial charge in [0.15, 0.2) is 17.5 Å². The lowest BCUT2D eigenvalue weighted by Crippen LogP contribution is -2.13. The summed E-state index contributed by atoms with van der Waals surface area (Å²) in [5.74, 6) is -1.94. The smallest absolute Gasteiger partial charge is 0.267 e. The number of rotatable bonds is 6. The standard InChI is InChI=1S/C24H19F2N7O/c1-14-4-2-7-19(30-14)24-31-15(10-28-18-6-3-5-17(25)22(18)26)12-32(24)16-8-9-21-29-11-20(23(27)34)33(21)13-16/h2-9,11-13,28H,10H2,1H3,(H2,27,34). The Labute approximate surface area is 192 Å². The molecular formula is C24H19F2N7O. The quantitative estimate of drug-likeness (QED) is 0.401. The number of imidazole rings is 2. The monoisotopic (exact) mass is 459 g/mol. The molecule has 8 nitrogen and oxygen atoms in total. The zero-order chi connectivity index (χ0) is 23.8. The second-order valence-electron chi connectivity index (χ2n) is 7.67. The van der Waals surface area contributed by atoms with Gasteiger partial charge in [0.1, 0.15) is 17.0 Å². The van der Waals surface area contributed by atoms with E-state index in [2.05, 4.69) is 15.3 Å². The van der Waals surface area contributed by atoms with Gasteiger partial charge < -0.3 is 11.1 Å².